The first-order valence-electron chi connectivity index (χ1n) is 8.04. The number of benzene rings is 1. The van der Waals surface area contributed by atoms with Gasteiger partial charge in [-0.3, -0.25) is 24.6 Å². The molecule has 1 aromatic carbocycles. The van der Waals surface area contributed by atoms with Gasteiger partial charge in [0.15, 0.2) is 0 Å². The van der Waals surface area contributed by atoms with Gasteiger partial charge >= 0.3 is 6.03 Å². The zero-order chi connectivity index (χ0) is 19.9. The summed E-state index contributed by atoms with van der Waals surface area (Å²) in [6.45, 7) is -0.674. The third-order valence-electron chi connectivity index (χ3n) is 4.43. The highest BCUT2D eigenvalue weighted by atomic mass is 35.5. The number of fused-ring (bicyclic) bond motifs is 1. The second-order valence-corrected chi connectivity index (χ2v) is 7.72. The van der Waals surface area contributed by atoms with Gasteiger partial charge in [0.2, 0.25) is 5.91 Å². The van der Waals surface area contributed by atoms with Crippen LogP contribution in [-0.2, 0) is 4.79 Å². The molecule has 0 unspecified atom stereocenters. The van der Waals surface area contributed by atoms with Gasteiger partial charge in [-0.05, 0) is 12.8 Å². The fourth-order valence-corrected chi connectivity index (χ4v) is 4.15. The maximum absolute atomic E-state index is 12.5. The molecule has 1 aromatic rings. The average Bonchev–Trinajstić information content (AvgIpc) is 3.19. The Morgan fingerprint density at radius 3 is 1.85 bits per heavy atom. The summed E-state index contributed by atoms with van der Waals surface area (Å²) < 4.78 is 0. The summed E-state index contributed by atoms with van der Waals surface area (Å²) in [5.74, 6) is -2.51. The number of urea groups is 1. The molecule has 0 bridgehead atoms. The summed E-state index contributed by atoms with van der Waals surface area (Å²) in [7, 11) is 0. The monoisotopic (exact) mass is 451 g/mol. The van der Waals surface area contributed by atoms with E-state index in [1.165, 1.54) is 0 Å². The van der Waals surface area contributed by atoms with Gasteiger partial charge < -0.3 is 5.32 Å². The Bertz CT molecular complexity index is 821. The van der Waals surface area contributed by atoms with Crippen molar-refractivity contribution in [2.24, 2.45) is 0 Å². The minimum Gasteiger partial charge on any atom is -0.335 e. The van der Waals surface area contributed by atoms with Gasteiger partial charge in [0.05, 0.1) is 31.2 Å². The van der Waals surface area contributed by atoms with Crippen molar-refractivity contribution in [2.45, 2.75) is 31.7 Å². The van der Waals surface area contributed by atoms with Crippen LogP contribution in [-0.4, -0.2) is 41.2 Å². The lowest BCUT2D eigenvalue weighted by atomic mass is 10.1. The van der Waals surface area contributed by atoms with Crippen LogP contribution in [0.4, 0.5) is 4.79 Å². The van der Waals surface area contributed by atoms with Crippen LogP contribution < -0.4 is 10.6 Å². The number of carbonyl (C=O) groups is 4. The van der Waals surface area contributed by atoms with Crippen LogP contribution in [0.25, 0.3) is 0 Å². The number of nitrogens with one attached hydrogen (secondary N) is 2. The largest absolute Gasteiger partial charge is 0.335 e. The van der Waals surface area contributed by atoms with E-state index in [1.54, 1.807) is 0 Å². The van der Waals surface area contributed by atoms with Gasteiger partial charge in [-0.25, -0.2) is 4.79 Å². The van der Waals surface area contributed by atoms with Crippen LogP contribution in [0.15, 0.2) is 0 Å². The van der Waals surface area contributed by atoms with Crippen molar-refractivity contribution >= 4 is 70.2 Å². The number of hydrogen-bond donors (Lipinski definition) is 2. The molecule has 2 N–H and O–H groups in total. The molecule has 0 atom stereocenters. The first kappa shape index (κ1) is 20.2. The number of amides is 5. The molecule has 144 valence electrons. The van der Waals surface area contributed by atoms with Crippen molar-refractivity contribution in [3.05, 3.63) is 31.2 Å². The number of rotatable bonds is 3. The van der Waals surface area contributed by atoms with E-state index in [4.69, 9.17) is 46.4 Å². The minimum atomic E-state index is -0.841. The molecule has 1 fully saturated rings. The highest BCUT2D eigenvalue weighted by molar-refractivity contribution is 6.55. The van der Waals surface area contributed by atoms with Crippen molar-refractivity contribution in [1.82, 2.24) is 15.5 Å². The van der Waals surface area contributed by atoms with E-state index in [-0.39, 0.29) is 37.3 Å². The third-order valence-corrected chi connectivity index (χ3v) is 6.23. The second-order valence-electron chi connectivity index (χ2n) is 6.21. The van der Waals surface area contributed by atoms with Crippen LogP contribution in [0.1, 0.15) is 46.4 Å². The summed E-state index contributed by atoms with van der Waals surface area (Å²) in [5, 5.41) is 4.01. The molecule has 1 aliphatic carbocycles. The molecule has 0 saturated heterocycles. The van der Waals surface area contributed by atoms with E-state index in [0.717, 1.165) is 25.7 Å². The molecule has 2 aliphatic rings. The van der Waals surface area contributed by atoms with Crippen molar-refractivity contribution in [3.63, 3.8) is 0 Å². The van der Waals surface area contributed by atoms with Crippen LogP contribution in [0, 0.1) is 0 Å². The fraction of sp³-hybridized carbons (Fsp3) is 0.375. The zero-order valence-electron chi connectivity index (χ0n) is 13.7. The van der Waals surface area contributed by atoms with Crippen molar-refractivity contribution in [2.75, 3.05) is 6.54 Å². The SMILES string of the molecule is O=C(CN1C(=O)c2c(Cl)c(Cl)c(Cl)c(Cl)c2C1=O)NC(=O)NC1CCCC1. The zero-order valence-corrected chi connectivity index (χ0v) is 16.7. The number of hydrogen-bond acceptors (Lipinski definition) is 4. The Labute approximate surface area is 174 Å². The van der Waals surface area contributed by atoms with E-state index >= 15 is 0 Å². The topological polar surface area (TPSA) is 95.6 Å². The predicted octanol–water partition coefficient (Wildman–Crippen LogP) is 3.66. The summed E-state index contributed by atoms with van der Waals surface area (Å²) in [6.07, 6.45) is 3.72. The van der Waals surface area contributed by atoms with Crippen molar-refractivity contribution in [1.29, 1.82) is 0 Å². The smallest absolute Gasteiger partial charge is 0.321 e. The standard InChI is InChI=1S/C16H13Cl4N3O4/c17-10-8-9(11(18)13(20)12(10)19)15(26)23(14(8)25)5-7(24)22-16(27)21-6-3-1-2-4-6/h6H,1-5H2,(H2,21,22,24,27). The average molecular weight is 453 g/mol. The molecule has 1 saturated carbocycles. The van der Waals surface area contributed by atoms with Gasteiger partial charge in [0.25, 0.3) is 11.8 Å². The Balaban J connectivity index is 1.73. The van der Waals surface area contributed by atoms with E-state index in [2.05, 4.69) is 10.6 Å². The highest BCUT2D eigenvalue weighted by Gasteiger charge is 2.42. The summed E-state index contributed by atoms with van der Waals surface area (Å²) in [5.41, 5.74) is -0.437. The van der Waals surface area contributed by atoms with Gasteiger partial charge in [-0.2, -0.15) is 0 Å². The van der Waals surface area contributed by atoms with Crippen LogP contribution >= 0.6 is 46.4 Å². The lowest BCUT2D eigenvalue weighted by Crippen LogP contribution is -2.48. The molecule has 27 heavy (non-hydrogen) atoms. The predicted molar refractivity (Wildman–Crippen MR) is 101 cm³/mol. The Morgan fingerprint density at radius 2 is 1.37 bits per heavy atom. The Hall–Kier alpha value is -1.54. The number of nitrogens with zero attached hydrogens (tertiary/aromatic N) is 1. The summed E-state index contributed by atoms with van der Waals surface area (Å²) in [6, 6.07) is -0.662. The molecule has 0 radical (unpaired) electrons. The number of carbonyl (C=O) groups excluding carboxylic acids is 4. The van der Waals surface area contributed by atoms with E-state index in [1.807, 2.05) is 0 Å². The molecule has 11 heteroatoms. The van der Waals surface area contributed by atoms with E-state index < -0.39 is 30.3 Å². The first-order chi connectivity index (χ1) is 12.7. The molecule has 7 nitrogen and oxygen atoms in total. The van der Waals surface area contributed by atoms with Crippen molar-refractivity contribution < 1.29 is 19.2 Å². The number of halogens is 4. The Kier molecular flexibility index (Phi) is 5.86. The molecular formula is C16H13Cl4N3O4. The first-order valence-corrected chi connectivity index (χ1v) is 9.56. The van der Waals surface area contributed by atoms with Gasteiger partial charge in [0.1, 0.15) is 6.54 Å². The van der Waals surface area contributed by atoms with Crippen LogP contribution in [0.5, 0.6) is 0 Å². The minimum absolute atomic E-state index is 0.0130. The lowest BCUT2D eigenvalue weighted by molar-refractivity contribution is -0.120. The number of imide groups is 2. The third kappa shape index (κ3) is 3.74. The highest BCUT2D eigenvalue weighted by Crippen LogP contribution is 2.44. The van der Waals surface area contributed by atoms with Gasteiger partial charge in [-0.15, -0.1) is 0 Å². The van der Waals surface area contributed by atoms with E-state index in [0.29, 0.717) is 4.90 Å². The van der Waals surface area contributed by atoms with Gasteiger partial charge in [0, 0.05) is 6.04 Å². The molecule has 1 aliphatic heterocycles. The maximum atomic E-state index is 12.5. The normalized spacial score (nSPS) is 16.7. The molecule has 0 spiro atoms. The molecule has 1 heterocycles. The maximum Gasteiger partial charge on any atom is 0.321 e. The van der Waals surface area contributed by atoms with Crippen LogP contribution in [0.3, 0.4) is 0 Å². The van der Waals surface area contributed by atoms with Crippen molar-refractivity contribution in [3.8, 4) is 0 Å². The summed E-state index contributed by atoms with van der Waals surface area (Å²) >= 11 is 23.9. The van der Waals surface area contributed by atoms with Gasteiger partial charge in [-0.1, -0.05) is 59.2 Å². The molecule has 3 rings (SSSR count). The van der Waals surface area contributed by atoms with Crippen LogP contribution in [0.2, 0.25) is 20.1 Å². The lowest BCUT2D eigenvalue weighted by Gasteiger charge is -2.15. The van der Waals surface area contributed by atoms with E-state index in [9.17, 15) is 19.2 Å². The molecule has 0 aromatic heterocycles. The summed E-state index contributed by atoms with van der Waals surface area (Å²) in [4.78, 5) is 49.6. The quantitative estimate of drug-likeness (QED) is 0.415. The second kappa shape index (κ2) is 7.83. The Morgan fingerprint density at radius 1 is 0.889 bits per heavy atom. The fourth-order valence-electron chi connectivity index (χ4n) is 3.14. The molecule has 5 amide bonds. The molecular weight excluding hydrogens is 440 g/mol.